The zero-order valence-corrected chi connectivity index (χ0v) is 12.0. The van der Waals surface area contributed by atoms with E-state index in [0.717, 1.165) is 31.8 Å². The Morgan fingerprint density at radius 3 is 2.60 bits per heavy atom. The first-order valence-electron chi connectivity index (χ1n) is 7.67. The average Bonchev–Trinajstić information content (AvgIpc) is 2.49. The van der Waals surface area contributed by atoms with E-state index in [0.29, 0.717) is 12.6 Å². The molecule has 2 N–H and O–H groups in total. The predicted octanol–water partition coefficient (Wildman–Crippen LogP) is 2.72. The van der Waals surface area contributed by atoms with Gasteiger partial charge in [0.15, 0.2) is 0 Å². The summed E-state index contributed by atoms with van der Waals surface area (Å²) in [6.07, 6.45) is 5.89. The Morgan fingerprint density at radius 2 is 1.85 bits per heavy atom. The Balaban J connectivity index is 1.44. The molecule has 0 bridgehead atoms. The van der Waals surface area contributed by atoms with Crippen LogP contribution in [0.1, 0.15) is 32.1 Å². The van der Waals surface area contributed by atoms with Crippen molar-refractivity contribution in [3.05, 3.63) is 30.1 Å². The molecule has 1 aliphatic rings. The van der Waals surface area contributed by atoms with Gasteiger partial charge in [0.1, 0.15) is 11.6 Å². The third kappa shape index (κ3) is 5.88. The molecule has 20 heavy (non-hydrogen) atoms. The highest BCUT2D eigenvalue weighted by atomic mass is 19.1. The number of rotatable bonds is 8. The maximum atomic E-state index is 12.7. The van der Waals surface area contributed by atoms with Crippen molar-refractivity contribution in [1.82, 2.24) is 10.6 Å². The van der Waals surface area contributed by atoms with Gasteiger partial charge >= 0.3 is 0 Å². The van der Waals surface area contributed by atoms with Gasteiger partial charge in [0.25, 0.3) is 0 Å². The number of hydrogen-bond acceptors (Lipinski definition) is 3. The first-order valence-corrected chi connectivity index (χ1v) is 7.67. The number of ether oxygens (including phenoxy) is 1. The maximum Gasteiger partial charge on any atom is 0.123 e. The lowest BCUT2D eigenvalue weighted by atomic mass is 10.1. The fraction of sp³-hybridized carbons (Fsp3) is 0.625. The van der Waals surface area contributed by atoms with Crippen LogP contribution in [0.15, 0.2) is 24.3 Å². The number of nitrogens with one attached hydrogen (secondary N) is 2. The summed E-state index contributed by atoms with van der Waals surface area (Å²) in [6, 6.07) is 6.91. The molecule has 0 radical (unpaired) electrons. The number of piperidine rings is 1. The molecule has 0 atom stereocenters. The Bertz CT molecular complexity index is 363. The molecule has 0 amide bonds. The van der Waals surface area contributed by atoms with Crippen molar-refractivity contribution in [2.45, 2.75) is 38.1 Å². The molecule has 0 unspecified atom stereocenters. The number of benzene rings is 1. The smallest absolute Gasteiger partial charge is 0.123 e. The lowest BCUT2D eigenvalue weighted by Gasteiger charge is -2.23. The molecule has 1 fully saturated rings. The van der Waals surface area contributed by atoms with Crippen molar-refractivity contribution >= 4 is 0 Å². The van der Waals surface area contributed by atoms with Crippen LogP contribution >= 0.6 is 0 Å². The summed E-state index contributed by atoms with van der Waals surface area (Å²) in [6.45, 7) is 4.09. The van der Waals surface area contributed by atoms with E-state index < -0.39 is 0 Å². The minimum atomic E-state index is -0.221. The van der Waals surface area contributed by atoms with Gasteiger partial charge in [-0.3, -0.25) is 0 Å². The van der Waals surface area contributed by atoms with E-state index in [9.17, 15) is 4.39 Å². The molecule has 0 saturated carbocycles. The molecule has 0 aliphatic carbocycles. The van der Waals surface area contributed by atoms with Crippen LogP contribution in [-0.4, -0.2) is 32.3 Å². The van der Waals surface area contributed by atoms with Crippen LogP contribution in [-0.2, 0) is 0 Å². The van der Waals surface area contributed by atoms with E-state index in [2.05, 4.69) is 10.6 Å². The van der Waals surface area contributed by atoms with Gasteiger partial charge in [0, 0.05) is 6.04 Å². The van der Waals surface area contributed by atoms with Gasteiger partial charge in [-0.25, -0.2) is 4.39 Å². The Morgan fingerprint density at radius 1 is 1.10 bits per heavy atom. The summed E-state index contributed by atoms with van der Waals surface area (Å²) < 4.78 is 18.3. The van der Waals surface area contributed by atoms with Gasteiger partial charge in [-0.15, -0.1) is 0 Å². The highest BCUT2D eigenvalue weighted by molar-refractivity contribution is 5.21. The van der Waals surface area contributed by atoms with Gasteiger partial charge in [-0.05, 0) is 76.0 Å². The molecular formula is C16H25FN2O. The SMILES string of the molecule is Fc1ccc(OCCCCCNC2CCNCC2)cc1. The van der Waals surface area contributed by atoms with Crippen molar-refractivity contribution < 1.29 is 9.13 Å². The molecule has 2 rings (SSSR count). The van der Waals surface area contributed by atoms with Gasteiger partial charge in [0.05, 0.1) is 6.61 Å². The molecule has 0 spiro atoms. The van der Waals surface area contributed by atoms with Gasteiger partial charge in [-0.2, -0.15) is 0 Å². The van der Waals surface area contributed by atoms with E-state index in [4.69, 9.17) is 4.74 Å². The van der Waals surface area contributed by atoms with Crippen molar-refractivity contribution in [3.63, 3.8) is 0 Å². The second-order valence-corrected chi connectivity index (χ2v) is 5.34. The largest absolute Gasteiger partial charge is 0.494 e. The van der Waals surface area contributed by atoms with Gasteiger partial charge in [0.2, 0.25) is 0 Å². The number of hydrogen-bond donors (Lipinski definition) is 2. The molecule has 0 aromatic heterocycles. The first kappa shape index (κ1) is 15.3. The molecule has 4 heteroatoms. The summed E-state index contributed by atoms with van der Waals surface area (Å²) in [5, 5.41) is 6.99. The fourth-order valence-corrected chi connectivity index (χ4v) is 2.46. The molecule has 1 saturated heterocycles. The van der Waals surface area contributed by atoms with E-state index >= 15 is 0 Å². The summed E-state index contributed by atoms with van der Waals surface area (Å²) in [4.78, 5) is 0. The van der Waals surface area contributed by atoms with Crippen molar-refractivity contribution in [2.24, 2.45) is 0 Å². The standard InChI is InChI=1S/C16H25FN2O/c17-14-4-6-16(7-5-14)20-13-3-1-2-10-19-15-8-11-18-12-9-15/h4-7,15,18-19H,1-3,8-13H2. The minimum Gasteiger partial charge on any atom is -0.494 e. The summed E-state index contributed by atoms with van der Waals surface area (Å²) in [5.74, 6) is 0.528. The molecular weight excluding hydrogens is 255 g/mol. The quantitative estimate of drug-likeness (QED) is 0.718. The Kier molecular flexibility index (Phi) is 6.81. The monoisotopic (exact) mass is 280 g/mol. The number of halogens is 1. The third-order valence-electron chi connectivity index (χ3n) is 3.68. The Labute approximate surface area is 120 Å². The lowest BCUT2D eigenvalue weighted by Crippen LogP contribution is -2.40. The lowest BCUT2D eigenvalue weighted by molar-refractivity contribution is 0.303. The Hall–Kier alpha value is -1.13. The molecule has 1 aliphatic heterocycles. The van der Waals surface area contributed by atoms with Crippen LogP contribution < -0.4 is 15.4 Å². The average molecular weight is 280 g/mol. The summed E-state index contributed by atoms with van der Waals surface area (Å²) in [7, 11) is 0. The van der Waals surface area contributed by atoms with Gasteiger partial charge in [-0.1, -0.05) is 0 Å². The predicted molar refractivity (Wildman–Crippen MR) is 79.6 cm³/mol. The zero-order chi connectivity index (χ0) is 14.0. The third-order valence-corrected chi connectivity index (χ3v) is 3.68. The van der Waals surface area contributed by atoms with Crippen LogP contribution in [0.25, 0.3) is 0 Å². The zero-order valence-electron chi connectivity index (χ0n) is 12.0. The molecule has 112 valence electrons. The minimum absolute atomic E-state index is 0.221. The van der Waals surface area contributed by atoms with E-state index in [-0.39, 0.29) is 5.82 Å². The molecule has 3 nitrogen and oxygen atoms in total. The highest BCUT2D eigenvalue weighted by Crippen LogP contribution is 2.11. The van der Waals surface area contributed by atoms with Crippen LogP contribution in [0.3, 0.4) is 0 Å². The summed E-state index contributed by atoms with van der Waals surface area (Å²) >= 11 is 0. The van der Waals surface area contributed by atoms with Crippen LogP contribution in [0.5, 0.6) is 5.75 Å². The highest BCUT2D eigenvalue weighted by Gasteiger charge is 2.10. The second-order valence-electron chi connectivity index (χ2n) is 5.34. The van der Waals surface area contributed by atoms with Crippen molar-refractivity contribution in [2.75, 3.05) is 26.2 Å². The summed E-state index contributed by atoms with van der Waals surface area (Å²) in [5.41, 5.74) is 0. The molecule has 1 aromatic carbocycles. The van der Waals surface area contributed by atoms with Crippen molar-refractivity contribution in [3.8, 4) is 5.75 Å². The topological polar surface area (TPSA) is 33.3 Å². The molecule has 1 aromatic rings. The van der Waals surface area contributed by atoms with Crippen molar-refractivity contribution in [1.29, 1.82) is 0 Å². The van der Waals surface area contributed by atoms with E-state index in [1.807, 2.05) is 0 Å². The molecule has 1 heterocycles. The van der Waals surface area contributed by atoms with Crippen LogP contribution in [0.4, 0.5) is 4.39 Å². The van der Waals surface area contributed by atoms with E-state index in [1.54, 1.807) is 12.1 Å². The van der Waals surface area contributed by atoms with Crippen LogP contribution in [0, 0.1) is 5.82 Å². The normalized spacial score (nSPS) is 16.2. The fourth-order valence-electron chi connectivity index (χ4n) is 2.46. The second kappa shape index (κ2) is 8.93. The van der Waals surface area contributed by atoms with E-state index in [1.165, 1.54) is 37.8 Å². The number of unbranched alkanes of at least 4 members (excludes halogenated alkanes) is 2. The first-order chi connectivity index (χ1) is 9.84. The van der Waals surface area contributed by atoms with Crippen LogP contribution in [0.2, 0.25) is 0 Å². The van der Waals surface area contributed by atoms with Gasteiger partial charge < -0.3 is 15.4 Å². The maximum absolute atomic E-state index is 12.7.